The van der Waals surface area contributed by atoms with Gasteiger partial charge in [0.05, 0.1) is 17.6 Å². The average Bonchev–Trinajstić information content (AvgIpc) is 2.75. The molecule has 0 radical (unpaired) electrons. The Morgan fingerprint density at radius 1 is 1.03 bits per heavy atom. The fourth-order valence-corrected chi connectivity index (χ4v) is 9.95. The van der Waals surface area contributed by atoms with E-state index < -0.39 is 23.6 Å². The lowest BCUT2D eigenvalue weighted by molar-refractivity contribution is -0.200. The molecule has 0 unspecified atom stereocenters. The molecule has 0 aliphatic heterocycles. The number of fused-ring (bicyclic) bond motifs is 7. The van der Waals surface area contributed by atoms with Crippen LogP contribution >= 0.6 is 0 Å². The first-order chi connectivity index (χ1) is 15.3. The minimum atomic E-state index is -0.716. The van der Waals surface area contributed by atoms with Crippen LogP contribution in [0.2, 0.25) is 0 Å². The van der Waals surface area contributed by atoms with Crippen LogP contribution in [0.5, 0.6) is 0 Å². The SMILES string of the molecule is CC1=C2C3=CC[C@@H]4[C@@]5(C)C[C@@H](O)[C@H](O)[C@@H](C)[C@@H]5CC[C@@]4(C)[C@]3(C)CC[C@@]2(C(=O)O)CC[C@H]1C. The number of hydrogen-bond acceptors (Lipinski definition) is 3. The van der Waals surface area contributed by atoms with Crippen LogP contribution in [-0.2, 0) is 4.79 Å². The number of aliphatic hydroxyl groups is 2. The van der Waals surface area contributed by atoms with Gasteiger partial charge < -0.3 is 15.3 Å². The van der Waals surface area contributed by atoms with Crippen LogP contribution in [0.4, 0.5) is 0 Å². The Morgan fingerprint density at radius 3 is 2.39 bits per heavy atom. The standard InChI is InChI=1S/C29H44O4/c1-16-9-12-29(25(32)33)14-13-27(5)20(23(29)17(16)2)7-8-22-26(4)15-21(30)24(31)18(3)19(26)10-11-28(22,27)6/h7,16,18-19,21-22,24,30-31H,8-15H2,1-6H3,(H,32,33)/t16-,18+,19+,21-,22-,24-,26+,27-,28-,29+/m1/s1. The van der Waals surface area contributed by atoms with Gasteiger partial charge in [0.25, 0.3) is 0 Å². The second-order valence-electron chi connectivity index (χ2n) is 13.3. The lowest BCUT2D eigenvalue weighted by Gasteiger charge is -2.69. The summed E-state index contributed by atoms with van der Waals surface area (Å²) >= 11 is 0. The van der Waals surface area contributed by atoms with Crippen molar-refractivity contribution in [3.63, 3.8) is 0 Å². The van der Waals surface area contributed by atoms with Crippen molar-refractivity contribution in [3.05, 3.63) is 22.8 Å². The first kappa shape index (κ1) is 23.6. The lowest BCUT2D eigenvalue weighted by atomic mass is 9.35. The molecular formula is C29H44O4. The largest absolute Gasteiger partial charge is 0.481 e. The average molecular weight is 457 g/mol. The maximum atomic E-state index is 12.7. The summed E-state index contributed by atoms with van der Waals surface area (Å²) in [4.78, 5) is 12.7. The van der Waals surface area contributed by atoms with Crippen LogP contribution < -0.4 is 0 Å². The Kier molecular flexibility index (Phi) is 5.15. The van der Waals surface area contributed by atoms with E-state index in [9.17, 15) is 20.1 Å². The zero-order valence-corrected chi connectivity index (χ0v) is 21.4. The van der Waals surface area contributed by atoms with Crippen LogP contribution in [0.15, 0.2) is 22.8 Å². The maximum absolute atomic E-state index is 12.7. The Balaban J connectivity index is 1.65. The second-order valence-corrected chi connectivity index (χ2v) is 13.3. The van der Waals surface area contributed by atoms with Crippen molar-refractivity contribution in [2.45, 2.75) is 105 Å². The molecule has 184 valence electrons. The molecule has 0 spiro atoms. The third kappa shape index (κ3) is 2.74. The van der Waals surface area contributed by atoms with Gasteiger partial charge in [-0.2, -0.15) is 0 Å². The molecule has 0 bridgehead atoms. The van der Waals surface area contributed by atoms with E-state index in [1.54, 1.807) is 0 Å². The first-order valence-corrected chi connectivity index (χ1v) is 13.4. The molecule has 5 aliphatic carbocycles. The third-order valence-corrected chi connectivity index (χ3v) is 12.4. The van der Waals surface area contributed by atoms with Crippen LogP contribution in [0.3, 0.4) is 0 Å². The molecule has 0 saturated heterocycles. The van der Waals surface area contributed by atoms with Crippen LogP contribution in [0.25, 0.3) is 0 Å². The predicted molar refractivity (Wildman–Crippen MR) is 129 cm³/mol. The van der Waals surface area contributed by atoms with Crippen molar-refractivity contribution in [1.29, 1.82) is 0 Å². The summed E-state index contributed by atoms with van der Waals surface area (Å²) in [6.45, 7) is 13.9. The van der Waals surface area contributed by atoms with Crippen molar-refractivity contribution in [3.8, 4) is 0 Å². The summed E-state index contributed by atoms with van der Waals surface area (Å²) in [6.07, 6.45) is 8.32. The zero-order chi connectivity index (χ0) is 24.1. The van der Waals surface area contributed by atoms with E-state index in [0.717, 1.165) is 44.9 Å². The van der Waals surface area contributed by atoms with Gasteiger partial charge in [0.15, 0.2) is 0 Å². The fraction of sp³-hybridized carbons (Fsp3) is 0.828. The van der Waals surface area contributed by atoms with Gasteiger partial charge in [-0.25, -0.2) is 0 Å². The highest BCUT2D eigenvalue weighted by Crippen LogP contribution is 2.74. The molecule has 4 nitrogen and oxygen atoms in total. The summed E-state index contributed by atoms with van der Waals surface area (Å²) in [5.41, 5.74) is 3.08. The highest BCUT2D eigenvalue weighted by atomic mass is 16.4. The Labute approximate surface area is 199 Å². The zero-order valence-electron chi connectivity index (χ0n) is 21.4. The van der Waals surface area contributed by atoms with E-state index in [1.165, 1.54) is 16.7 Å². The third-order valence-electron chi connectivity index (χ3n) is 12.4. The number of aliphatic carboxylic acids is 1. The molecule has 5 rings (SSSR count). The molecule has 0 aromatic rings. The van der Waals surface area contributed by atoms with Crippen molar-refractivity contribution in [2.75, 3.05) is 0 Å². The van der Waals surface area contributed by atoms with Crippen molar-refractivity contribution < 1.29 is 20.1 Å². The highest BCUT2D eigenvalue weighted by Gasteiger charge is 2.67. The van der Waals surface area contributed by atoms with E-state index >= 15 is 0 Å². The lowest BCUT2D eigenvalue weighted by Crippen LogP contribution is -2.64. The van der Waals surface area contributed by atoms with Gasteiger partial charge in [-0.1, -0.05) is 46.3 Å². The van der Waals surface area contributed by atoms with Crippen molar-refractivity contribution >= 4 is 5.97 Å². The smallest absolute Gasteiger partial charge is 0.314 e. The van der Waals surface area contributed by atoms with Gasteiger partial charge in [0.1, 0.15) is 0 Å². The monoisotopic (exact) mass is 456 g/mol. The number of carboxylic acid groups (broad SMARTS) is 1. The van der Waals surface area contributed by atoms with E-state index in [4.69, 9.17) is 0 Å². The molecule has 0 amide bonds. The van der Waals surface area contributed by atoms with Gasteiger partial charge in [-0.05, 0) is 109 Å². The molecule has 5 aliphatic rings. The Hall–Kier alpha value is -1.13. The highest BCUT2D eigenvalue weighted by molar-refractivity contribution is 5.82. The molecule has 4 heteroatoms. The molecular weight excluding hydrogens is 412 g/mol. The molecule has 0 aromatic carbocycles. The minimum absolute atomic E-state index is 0.0132. The second kappa shape index (κ2) is 7.20. The quantitative estimate of drug-likeness (QED) is 0.470. The van der Waals surface area contributed by atoms with E-state index in [2.05, 4.69) is 47.6 Å². The van der Waals surface area contributed by atoms with Gasteiger partial charge in [-0.15, -0.1) is 0 Å². The molecule has 0 heterocycles. The number of carbonyl (C=O) groups is 1. The molecule has 3 N–H and O–H groups in total. The van der Waals surface area contributed by atoms with Crippen LogP contribution in [0, 0.1) is 45.3 Å². The van der Waals surface area contributed by atoms with E-state index in [-0.39, 0.29) is 22.2 Å². The van der Waals surface area contributed by atoms with Gasteiger partial charge in [0.2, 0.25) is 0 Å². The minimum Gasteiger partial charge on any atom is -0.481 e. The van der Waals surface area contributed by atoms with Gasteiger partial charge in [-0.3, -0.25) is 4.79 Å². The van der Waals surface area contributed by atoms with E-state index in [1.807, 2.05) is 0 Å². The number of hydrogen-bond donors (Lipinski definition) is 3. The summed E-state index contributed by atoms with van der Waals surface area (Å²) < 4.78 is 0. The molecule has 0 aromatic heterocycles. The first-order valence-electron chi connectivity index (χ1n) is 13.4. The van der Waals surface area contributed by atoms with Gasteiger partial charge in [0, 0.05) is 0 Å². The molecule has 10 atom stereocenters. The maximum Gasteiger partial charge on any atom is 0.314 e. The normalized spacial score (nSPS) is 53.9. The summed E-state index contributed by atoms with van der Waals surface area (Å²) in [6, 6.07) is 0. The van der Waals surface area contributed by atoms with Crippen LogP contribution in [0.1, 0.15) is 92.9 Å². The molecule has 3 saturated carbocycles. The van der Waals surface area contributed by atoms with Gasteiger partial charge >= 0.3 is 5.97 Å². The predicted octanol–water partition coefficient (Wildman–Crippen LogP) is 5.73. The summed E-state index contributed by atoms with van der Waals surface area (Å²) in [5, 5.41) is 31.9. The fourth-order valence-electron chi connectivity index (χ4n) is 9.95. The number of allylic oxidation sites excluding steroid dienone is 3. The number of carboxylic acids is 1. The van der Waals surface area contributed by atoms with Crippen molar-refractivity contribution in [1.82, 2.24) is 0 Å². The molecule has 33 heavy (non-hydrogen) atoms. The van der Waals surface area contributed by atoms with Crippen molar-refractivity contribution in [2.24, 2.45) is 45.3 Å². The topological polar surface area (TPSA) is 77.8 Å². The summed E-state index contributed by atoms with van der Waals surface area (Å²) in [5.74, 6) is 0.765. The van der Waals surface area contributed by atoms with E-state index in [0.29, 0.717) is 24.2 Å². The number of rotatable bonds is 1. The Bertz CT molecular complexity index is 934. The summed E-state index contributed by atoms with van der Waals surface area (Å²) in [7, 11) is 0. The number of aliphatic hydroxyl groups excluding tert-OH is 2. The Morgan fingerprint density at radius 2 is 1.73 bits per heavy atom. The molecule has 3 fully saturated rings. The van der Waals surface area contributed by atoms with Crippen LogP contribution in [-0.4, -0.2) is 33.5 Å².